The van der Waals surface area contributed by atoms with E-state index in [2.05, 4.69) is 4.98 Å². The van der Waals surface area contributed by atoms with Gasteiger partial charge in [0, 0.05) is 32.4 Å². The van der Waals surface area contributed by atoms with E-state index in [0.717, 1.165) is 6.42 Å². The molecule has 132 valence electrons. The highest BCUT2D eigenvalue weighted by atomic mass is 19.1. The van der Waals surface area contributed by atoms with Gasteiger partial charge in [0.25, 0.3) is 11.8 Å². The van der Waals surface area contributed by atoms with Crippen LogP contribution in [0.15, 0.2) is 42.6 Å². The van der Waals surface area contributed by atoms with Crippen LogP contribution in [-0.2, 0) is 4.79 Å². The van der Waals surface area contributed by atoms with Crippen molar-refractivity contribution < 1.29 is 18.7 Å². The Labute approximate surface area is 145 Å². The lowest BCUT2D eigenvalue weighted by molar-refractivity contribution is -0.133. The maximum Gasteiger partial charge on any atom is 0.270 e. The van der Waals surface area contributed by atoms with Gasteiger partial charge in [-0.3, -0.25) is 9.59 Å². The number of nitrogens with zero attached hydrogens (tertiary/aromatic N) is 2. The number of aromatic amines is 1. The summed E-state index contributed by atoms with van der Waals surface area (Å²) in [7, 11) is 0. The number of ether oxygens (including phenoxy) is 1. The van der Waals surface area contributed by atoms with Crippen LogP contribution < -0.4 is 4.74 Å². The maximum atomic E-state index is 12.9. The number of carbonyl (C=O) groups excluding carboxylic acids is 2. The van der Waals surface area contributed by atoms with Crippen LogP contribution in [0, 0.1) is 5.82 Å². The largest absolute Gasteiger partial charge is 0.484 e. The molecule has 2 heterocycles. The van der Waals surface area contributed by atoms with E-state index in [0.29, 0.717) is 37.6 Å². The van der Waals surface area contributed by atoms with E-state index >= 15 is 0 Å². The zero-order valence-corrected chi connectivity index (χ0v) is 13.8. The smallest absolute Gasteiger partial charge is 0.270 e. The van der Waals surface area contributed by atoms with E-state index < -0.39 is 0 Å². The van der Waals surface area contributed by atoms with Gasteiger partial charge in [-0.1, -0.05) is 0 Å². The molecule has 25 heavy (non-hydrogen) atoms. The Balaban J connectivity index is 1.51. The lowest BCUT2D eigenvalue weighted by atomic mass is 10.3. The van der Waals surface area contributed by atoms with Crippen molar-refractivity contribution >= 4 is 11.8 Å². The van der Waals surface area contributed by atoms with E-state index in [4.69, 9.17) is 4.74 Å². The average Bonchev–Trinajstić information content (AvgIpc) is 3.05. The second-order valence-electron chi connectivity index (χ2n) is 5.85. The monoisotopic (exact) mass is 345 g/mol. The molecule has 1 N–H and O–H groups in total. The first-order valence-electron chi connectivity index (χ1n) is 8.22. The van der Waals surface area contributed by atoms with Crippen molar-refractivity contribution in [3.05, 3.63) is 54.1 Å². The van der Waals surface area contributed by atoms with Crippen LogP contribution in [0.1, 0.15) is 16.9 Å². The van der Waals surface area contributed by atoms with Gasteiger partial charge in [-0.25, -0.2) is 4.39 Å². The molecule has 0 aliphatic carbocycles. The van der Waals surface area contributed by atoms with Crippen LogP contribution in [0.4, 0.5) is 4.39 Å². The molecule has 1 aliphatic rings. The highest BCUT2D eigenvalue weighted by Gasteiger charge is 2.23. The van der Waals surface area contributed by atoms with E-state index in [-0.39, 0.29) is 24.2 Å². The van der Waals surface area contributed by atoms with Gasteiger partial charge >= 0.3 is 0 Å². The molecule has 1 aromatic heterocycles. The van der Waals surface area contributed by atoms with E-state index in [9.17, 15) is 14.0 Å². The molecular formula is C18H20FN3O3. The topological polar surface area (TPSA) is 65.6 Å². The Hall–Kier alpha value is -2.83. The van der Waals surface area contributed by atoms with Crippen molar-refractivity contribution in [2.24, 2.45) is 0 Å². The Morgan fingerprint density at radius 1 is 1.04 bits per heavy atom. The predicted octanol–water partition coefficient (Wildman–Crippen LogP) is 1.91. The van der Waals surface area contributed by atoms with Gasteiger partial charge in [-0.15, -0.1) is 0 Å². The summed E-state index contributed by atoms with van der Waals surface area (Å²) in [5, 5.41) is 0. The second-order valence-corrected chi connectivity index (χ2v) is 5.85. The number of H-pyrrole nitrogens is 1. The number of aromatic nitrogens is 1. The molecule has 2 aromatic rings. The highest BCUT2D eigenvalue weighted by Crippen LogP contribution is 2.12. The van der Waals surface area contributed by atoms with E-state index in [1.54, 1.807) is 28.1 Å². The Morgan fingerprint density at radius 3 is 2.48 bits per heavy atom. The summed E-state index contributed by atoms with van der Waals surface area (Å²) >= 11 is 0. The van der Waals surface area contributed by atoms with Crippen LogP contribution in [0.2, 0.25) is 0 Å². The van der Waals surface area contributed by atoms with Gasteiger partial charge in [-0.2, -0.15) is 0 Å². The molecule has 1 fully saturated rings. The van der Waals surface area contributed by atoms with Crippen LogP contribution in [0.25, 0.3) is 0 Å². The Bertz CT molecular complexity index is 716. The zero-order valence-electron chi connectivity index (χ0n) is 13.8. The number of hydrogen-bond donors (Lipinski definition) is 1. The molecule has 0 unspecified atom stereocenters. The molecule has 3 rings (SSSR count). The van der Waals surface area contributed by atoms with Gasteiger partial charge in [0.1, 0.15) is 17.3 Å². The summed E-state index contributed by atoms with van der Waals surface area (Å²) < 4.78 is 18.3. The fraction of sp³-hybridized carbons (Fsp3) is 0.333. The van der Waals surface area contributed by atoms with Gasteiger partial charge < -0.3 is 19.5 Å². The average molecular weight is 345 g/mol. The molecule has 1 aromatic carbocycles. The van der Waals surface area contributed by atoms with Gasteiger partial charge in [0.2, 0.25) is 0 Å². The van der Waals surface area contributed by atoms with Crippen molar-refractivity contribution in [1.82, 2.24) is 14.8 Å². The summed E-state index contributed by atoms with van der Waals surface area (Å²) in [6.07, 6.45) is 2.43. The third-order valence-electron chi connectivity index (χ3n) is 4.14. The third kappa shape index (κ3) is 4.37. The predicted molar refractivity (Wildman–Crippen MR) is 89.8 cm³/mol. The maximum absolute atomic E-state index is 12.9. The molecule has 0 spiro atoms. The minimum Gasteiger partial charge on any atom is -0.484 e. The molecule has 7 heteroatoms. The zero-order chi connectivity index (χ0) is 17.6. The van der Waals surface area contributed by atoms with Crippen LogP contribution in [-0.4, -0.2) is 59.4 Å². The minimum atomic E-state index is -0.349. The van der Waals surface area contributed by atoms with Crippen LogP contribution in [0.3, 0.4) is 0 Å². The Morgan fingerprint density at radius 2 is 1.76 bits per heavy atom. The first-order chi connectivity index (χ1) is 12.1. The summed E-state index contributed by atoms with van der Waals surface area (Å²) in [5.74, 6) is -0.0912. The van der Waals surface area contributed by atoms with Gasteiger partial charge in [0.05, 0.1) is 0 Å². The molecule has 0 radical (unpaired) electrons. The summed E-state index contributed by atoms with van der Waals surface area (Å²) in [6, 6.07) is 9.08. The molecule has 0 atom stereocenters. The van der Waals surface area contributed by atoms with Gasteiger partial charge in [-0.05, 0) is 42.8 Å². The quantitative estimate of drug-likeness (QED) is 0.921. The number of halogens is 1. The number of carbonyl (C=O) groups is 2. The molecule has 2 amide bonds. The molecule has 6 nitrogen and oxygen atoms in total. The molecule has 1 saturated heterocycles. The summed E-state index contributed by atoms with van der Waals surface area (Å²) in [4.78, 5) is 31.0. The van der Waals surface area contributed by atoms with E-state index in [1.165, 1.54) is 24.3 Å². The standard InChI is InChI=1S/C18H20FN3O3/c19-14-4-6-15(7-5-14)25-13-17(23)21-9-2-10-22(12-11-21)18(24)16-3-1-8-20-16/h1,3-8,20H,2,9-13H2. The van der Waals surface area contributed by atoms with E-state index in [1.807, 2.05) is 0 Å². The number of nitrogens with one attached hydrogen (secondary N) is 1. The number of rotatable bonds is 4. The fourth-order valence-corrected chi connectivity index (χ4v) is 2.77. The van der Waals surface area contributed by atoms with Crippen molar-refractivity contribution in [2.45, 2.75) is 6.42 Å². The molecule has 1 aliphatic heterocycles. The van der Waals surface area contributed by atoms with Crippen LogP contribution in [0.5, 0.6) is 5.75 Å². The lowest BCUT2D eigenvalue weighted by Gasteiger charge is -2.22. The van der Waals surface area contributed by atoms with Crippen LogP contribution >= 0.6 is 0 Å². The fourth-order valence-electron chi connectivity index (χ4n) is 2.77. The van der Waals surface area contributed by atoms with Crippen molar-refractivity contribution in [2.75, 3.05) is 32.8 Å². The third-order valence-corrected chi connectivity index (χ3v) is 4.14. The number of benzene rings is 1. The number of amides is 2. The SMILES string of the molecule is O=C(COc1ccc(F)cc1)N1CCCN(C(=O)c2ccc[nH]2)CC1. The van der Waals surface area contributed by atoms with Crippen molar-refractivity contribution in [3.8, 4) is 5.75 Å². The first-order valence-corrected chi connectivity index (χ1v) is 8.22. The van der Waals surface area contributed by atoms with Crippen molar-refractivity contribution in [1.29, 1.82) is 0 Å². The van der Waals surface area contributed by atoms with Gasteiger partial charge in [0.15, 0.2) is 6.61 Å². The normalized spacial score (nSPS) is 14.9. The highest BCUT2D eigenvalue weighted by molar-refractivity contribution is 5.92. The summed E-state index contributed by atoms with van der Waals surface area (Å²) in [5.41, 5.74) is 0.555. The molecule has 0 saturated carbocycles. The second kappa shape index (κ2) is 7.83. The lowest BCUT2D eigenvalue weighted by Crippen LogP contribution is -2.39. The first kappa shape index (κ1) is 17.0. The summed E-state index contributed by atoms with van der Waals surface area (Å²) in [6.45, 7) is 2.05. The Kier molecular flexibility index (Phi) is 5.33. The molecule has 0 bridgehead atoms. The molecular weight excluding hydrogens is 325 g/mol. The minimum absolute atomic E-state index is 0.0538. The number of hydrogen-bond acceptors (Lipinski definition) is 3. The van der Waals surface area contributed by atoms with Crippen molar-refractivity contribution in [3.63, 3.8) is 0 Å².